The van der Waals surface area contributed by atoms with E-state index in [0.717, 1.165) is 30.7 Å². The molecule has 0 bridgehead atoms. The maximum Gasteiger partial charge on any atom is 0.209 e. The fourth-order valence-corrected chi connectivity index (χ4v) is 1.90. The van der Waals surface area contributed by atoms with Gasteiger partial charge >= 0.3 is 0 Å². The lowest BCUT2D eigenvalue weighted by molar-refractivity contribution is 0.587. The van der Waals surface area contributed by atoms with Gasteiger partial charge in [-0.15, -0.1) is 0 Å². The van der Waals surface area contributed by atoms with Gasteiger partial charge in [-0.3, -0.25) is 0 Å². The van der Waals surface area contributed by atoms with Crippen LogP contribution in [0.1, 0.15) is 19.4 Å². The number of rotatable bonds is 6. The van der Waals surface area contributed by atoms with Gasteiger partial charge in [-0.05, 0) is 25.5 Å². The van der Waals surface area contributed by atoms with Gasteiger partial charge in [0.05, 0.1) is 6.26 Å². The molecule has 0 saturated carbocycles. The van der Waals surface area contributed by atoms with Crippen molar-refractivity contribution in [1.82, 2.24) is 9.71 Å². The molecule has 1 heterocycles. The van der Waals surface area contributed by atoms with Crippen molar-refractivity contribution < 1.29 is 8.42 Å². The van der Waals surface area contributed by atoms with E-state index in [9.17, 15) is 8.42 Å². The van der Waals surface area contributed by atoms with Crippen LogP contribution < -0.4 is 9.62 Å². The zero-order valence-corrected chi connectivity index (χ0v) is 11.3. The van der Waals surface area contributed by atoms with Gasteiger partial charge in [0, 0.05) is 25.8 Å². The van der Waals surface area contributed by atoms with E-state index in [-0.39, 0.29) is 6.54 Å². The molecular weight excluding hydrogens is 238 g/mol. The monoisotopic (exact) mass is 257 g/mol. The predicted molar refractivity (Wildman–Crippen MR) is 69.5 cm³/mol. The molecule has 0 aliphatic heterocycles. The summed E-state index contributed by atoms with van der Waals surface area (Å²) in [4.78, 5) is 6.45. The number of anilines is 1. The Morgan fingerprint density at radius 1 is 1.29 bits per heavy atom. The molecule has 0 atom stereocenters. The molecule has 0 aliphatic carbocycles. The summed E-state index contributed by atoms with van der Waals surface area (Å²) >= 11 is 0. The molecule has 0 saturated heterocycles. The Labute approximate surface area is 103 Å². The molecule has 0 unspecified atom stereocenters. The molecule has 0 aromatic carbocycles. The average molecular weight is 257 g/mol. The highest BCUT2D eigenvalue weighted by Crippen LogP contribution is 2.10. The molecule has 0 spiro atoms. The molecule has 1 aromatic rings. The molecule has 5 nitrogen and oxygen atoms in total. The van der Waals surface area contributed by atoms with Crippen LogP contribution in [0.15, 0.2) is 18.3 Å². The summed E-state index contributed by atoms with van der Waals surface area (Å²) in [6.07, 6.45) is 2.84. The largest absolute Gasteiger partial charge is 0.357 e. The van der Waals surface area contributed by atoms with Crippen molar-refractivity contribution in [2.24, 2.45) is 0 Å². The Bertz CT molecular complexity index is 438. The van der Waals surface area contributed by atoms with E-state index in [1.807, 2.05) is 12.1 Å². The van der Waals surface area contributed by atoms with Gasteiger partial charge in [0.15, 0.2) is 0 Å². The predicted octanol–water partition coefficient (Wildman–Crippen LogP) is 0.977. The summed E-state index contributed by atoms with van der Waals surface area (Å²) in [6.45, 7) is 6.24. The van der Waals surface area contributed by atoms with E-state index in [4.69, 9.17) is 0 Å². The molecule has 0 amide bonds. The van der Waals surface area contributed by atoms with Crippen LogP contribution in [-0.2, 0) is 16.6 Å². The van der Waals surface area contributed by atoms with E-state index in [2.05, 4.69) is 28.5 Å². The maximum absolute atomic E-state index is 10.9. The van der Waals surface area contributed by atoms with Crippen molar-refractivity contribution in [3.05, 3.63) is 23.9 Å². The molecule has 0 fully saturated rings. The first-order valence-corrected chi connectivity index (χ1v) is 7.50. The van der Waals surface area contributed by atoms with Crippen molar-refractivity contribution in [1.29, 1.82) is 0 Å². The van der Waals surface area contributed by atoms with Gasteiger partial charge in [0.2, 0.25) is 10.0 Å². The van der Waals surface area contributed by atoms with Crippen molar-refractivity contribution in [3.63, 3.8) is 0 Å². The molecule has 6 heteroatoms. The Morgan fingerprint density at radius 2 is 1.94 bits per heavy atom. The summed E-state index contributed by atoms with van der Waals surface area (Å²) in [5, 5.41) is 0. The quantitative estimate of drug-likeness (QED) is 0.825. The third-order valence-electron chi connectivity index (χ3n) is 2.44. The second-order valence-electron chi connectivity index (χ2n) is 3.79. The van der Waals surface area contributed by atoms with Crippen LogP contribution in [0.2, 0.25) is 0 Å². The van der Waals surface area contributed by atoms with Crippen LogP contribution in [-0.4, -0.2) is 32.7 Å². The van der Waals surface area contributed by atoms with Gasteiger partial charge < -0.3 is 4.90 Å². The Hall–Kier alpha value is -1.14. The Kier molecular flexibility index (Phi) is 4.89. The van der Waals surface area contributed by atoms with E-state index in [1.165, 1.54) is 0 Å². The molecule has 17 heavy (non-hydrogen) atoms. The zero-order valence-electron chi connectivity index (χ0n) is 10.5. The van der Waals surface area contributed by atoms with E-state index in [1.54, 1.807) is 6.20 Å². The van der Waals surface area contributed by atoms with Crippen LogP contribution in [0, 0.1) is 0 Å². The smallest absolute Gasteiger partial charge is 0.209 e. The highest BCUT2D eigenvalue weighted by atomic mass is 32.2. The fourth-order valence-electron chi connectivity index (χ4n) is 1.47. The van der Waals surface area contributed by atoms with Crippen molar-refractivity contribution in [2.45, 2.75) is 20.4 Å². The number of nitrogens with zero attached hydrogens (tertiary/aromatic N) is 2. The first-order chi connectivity index (χ1) is 7.96. The highest BCUT2D eigenvalue weighted by molar-refractivity contribution is 7.88. The lowest BCUT2D eigenvalue weighted by Gasteiger charge is -2.19. The zero-order chi connectivity index (χ0) is 12.9. The first kappa shape index (κ1) is 13.9. The molecule has 1 aromatic heterocycles. The molecular formula is C11H19N3O2S. The number of aromatic nitrogens is 1. The average Bonchev–Trinajstić information content (AvgIpc) is 2.29. The molecule has 1 rings (SSSR count). The second-order valence-corrected chi connectivity index (χ2v) is 5.62. The normalized spacial score (nSPS) is 11.5. The summed E-state index contributed by atoms with van der Waals surface area (Å²) in [5.74, 6) is 0.915. The number of nitrogens with one attached hydrogen (secondary N) is 1. The third-order valence-corrected chi connectivity index (χ3v) is 3.10. The van der Waals surface area contributed by atoms with Crippen molar-refractivity contribution >= 4 is 15.8 Å². The minimum Gasteiger partial charge on any atom is -0.357 e. The van der Waals surface area contributed by atoms with Gasteiger partial charge in [-0.25, -0.2) is 18.1 Å². The number of hydrogen-bond acceptors (Lipinski definition) is 4. The molecule has 96 valence electrons. The lowest BCUT2D eigenvalue weighted by Crippen LogP contribution is -2.23. The maximum atomic E-state index is 10.9. The van der Waals surface area contributed by atoms with Gasteiger partial charge in [-0.2, -0.15) is 0 Å². The van der Waals surface area contributed by atoms with Crippen molar-refractivity contribution in [2.75, 3.05) is 24.2 Å². The molecule has 0 aliphatic rings. The topological polar surface area (TPSA) is 62.3 Å². The molecule has 1 N–H and O–H groups in total. The van der Waals surface area contributed by atoms with Crippen LogP contribution in [0.3, 0.4) is 0 Å². The van der Waals surface area contributed by atoms with Crippen LogP contribution in [0.4, 0.5) is 5.82 Å². The van der Waals surface area contributed by atoms with E-state index < -0.39 is 10.0 Å². The van der Waals surface area contributed by atoms with Crippen molar-refractivity contribution in [3.8, 4) is 0 Å². The Morgan fingerprint density at radius 3 is 2.35 bits per heavy atom. The number of hydrogen-bond donors (Lipinski definition) is 1. The van der Waals surface area contributed by atoms with Crippen LogP contribution in [0.25, 0.3) is 0 Å². The number of sulfonamides is 1. The highest BCUT2D eigenvalue weighted by Gasteiger charge is 2.04. The minimum absolute atomic E-state index is 0.282. The van der Waals surface area contributed by atoms with Gasteiger partial charge in [0.1, 0.15) is 5.82 Å². The SMILES string of the molecule is CCN(CC)c1ccc(CNS(C)(=O)=O)cn1. The summed E-state index contributed by atoms with van der Waals surface area (Å²) in [6, 6.07) is 3.80. The number of pyridine rings is 1. The summed E-state index contributed by atoms with van der Waals surface area (Å²) in [5.41, 5.74) is 0.853. The fraction of sp³-hybridized carbons (Fsp3) is 0.545. The first-order valence-electron chi connectivity index (χ1n) is 5.60. The van der Waals surface area contributed by atoms with Gasteiger partial charge in [-0.1, -0.05) is 6.07 Å². The van der Waals surface area contributed by atoms with E-state index >= 15 is 0 Å². The van der Waals surface area contributed by atoms with Crippen LogP contribution >= 0.6 is 0 Å². The van der Waals surface area contributed by atoms with E-state index in [0.29, 0.717) is 0 Å². The lowest BCUT2D eigenvalue weighted by atomic mass is 10.3. The van der Waals surface area contributed by atoms with Crippen LogP contribution in [0.5, 0.6) is 0 Å². The second kappa shape index (κ2) is 5.97. The van der Waals surface area contributed by atoms with Gasteiger partial charge in [0.25, 0.3) is 0 Å². The summed E-state index contributed by atoms with van der Waals surface area (Å²) < 4.78 is 24.3. The standard InChI is InChI=1S/C11H19N3O2S/c1-4-14(5-2)11-7-6-10(8-12-11)9-13-17(3,15)16/h6-8,13H,4-5,9H2,1-3H3. The minimum atomic E-state index is -3.15. The summed E-state index contributed by atoms with van der Waals surface area (Å²) in [7, 11) is -3.15. The Balaban J connectivity index is 2.68. The molecule has 0 radical (unpaired) electrons. The third kappa shape index (κ3) is 4.70.